The number of amides is 1. The molecule has 0 aromatic heterocycles. The van der Waals surface area contributed by atoms with Gasteiger partial charge in [0.15, 0.2) is 6.29 Å². The van der Waals surface area contributed by atoms with Gasteiger partial charge in [-0.15, -0.1) is 23.5 Å². The number of rotatable bonds is 9. The number of ether oxygens (including phenoxy) is 2. The first-order valence-corrected chi connectivity index (χ1v) is 13.9. The van der Waals surface area contributed by atoms with Crippen LogP contribution in [0.5, 0.6) is 0 Å². The van der Waals surface area contributed by atoms with Crippen LogP contribution in [0.3, 0.4) is 0 Å². The quantitative estimate of drug-likeness (QED) is 0.547. The Balaban J connectivity index is 1.39. The molecule has 3 aliphatic rings. The second kappa shape index (κ2) is 11.4. The van der Waals surface area contributed by atoms with E-state index in [1.807, 2.05) is 18.7 Å². The Morgan fingerprint density at radius 1 is 1.19 bits per heavy atom. The van der Waals surface area contributed by atoms with Gasteiger partial charge in [0.05, 0.1) is 17.2 Å². The monoisotopic (exact) mass is 478 g/mol. The molecule has 0 radical (unpaired) electrons. The average molecular weight is 479 g/mol. The number of nitrogens with one attached hydrogen (secondary N) is 1. The molecule has 8 heteroatoms. The van der Waals surface area contributed by atoms with Gasteiger partial charge in [-0.05, 0) is 50.2 Å². The highest BCUT2D eigenvalue weighted by Crippen LogP contribution is 2.33. The molecular weight excluding hydrogens is 444 g/mol. The van der Waals surface area contributed by atoms with Crippen molar-refractivity contribution in [1.29, 1.82) is 0 Å². The zero-order valence-corrected chi connectivity index (χ0v) is 20.6. The van der Waals surface area contributed by atoms with Crippen LogP contribution in [0.4, 0.5) is 0 Å². The Kier molecular flexibility index (Phi) is 8.56. The number of aryl methyl sites for hydroxylation is 1. The van der Waals surface area contributed by atoms with Gasteiger partial charge in [0.2, 0.25) is 5.91 Å². The van der Waals surface area contributed by atoms with Crippen molar-refractivity contribution in [3.8, 4) is 0 Å². The summed E-state index contributed by atoms with van der Waals surface area (Å²) in [6.07, 6.45) is 3.17. The lowest BCUT2D eigenvalue weighted by Gasteiger charge is -2.33. The average Bonchev–Trinajstić information content (AvgIpc) is 3.48. The predicted molar refractivity (Wildman–Crippen MR) is 130 cm³/mol. The fourth-order valence-electron chi connectivity index (χ4n) is 4.96. The second-order valence-electron chi connectivity index (χ2n) is 8.62. The highest BCUT2D eigenvalue weighted by molar-refractivity contribution is 8.01. The van der Waals surface area contributed by atoms with Gasteiger partial charge in [0, 0.05) is 31.3 Å². The standard InChI is InChI=1S/C24H34N2O4S2/c1-3-29-24(30-4-2)19-13-31-15-26(19)23(28)21-22(32-14-25-21)20(27)12-16-9-10-17-7-5-6-8-18(17)11-16/h5-8,16,19,21-22,24-25H,3-4,9-15H2,1-2H3/t16-,19-,21-,22?/m0/s1. The summed E-state index contributed by atoms with van der Waals surface area (Å²) >= 11 is 3.29. The SMILES string of the molecule is CCOC(OCC)[C@@H]1CSCN1C(=O)[C@H]1NCSC1C(=O)C[C@H]1CCc2ccccc2C1. The molecule has 1 aliphatic carbocycles. The minimum absolute atomic E-state index is 0.00162. The number of hydrogen-bond acceptors (Lipinski definition) is 7. The van der Waals surface area contributed by atoms with Gasteiger partial charge in [-0.2, -0.15) is 0 Å². The molecule has 1 aromatic rings. The number of carbonyl (C=O) groups excluding carboxylic acids is 2. The van der Waals surface area contributed by atoms with Crippen molar-refractivity contribution in [3.05, 3.63) is 35.4 Å². The maximum absolute atomic E-state index is 13.5. The molecule has 1 amide bonds. The molecule has 1 N–H and O–H groups in total. The molecule has 0 saturated carbocycles. The molecule has 2 saturated heterocycles. The van der Waals surface area contributed by atoms with Gasteiger partial charge in [0.1, 0.15) is 11.8 Å². The Hall–Kier alpha value is -1.06. The second-order valence-corrected chi connectivity index (χ2v) is 10.7. The van der Waals surface area contributed by atoms with Gasteiger partial charge in [-0.1, -0.05) is 24.3 Å². The molecule has 4 rings (SSSR count). The molecule has 32 heavy (non-hydrogen) atoms. The van der Waals surface area contributed by atoms with Crippen LogP contribution in [-0.2, 0) is 31.9 Å². The van der Waals surface area contributed by atoms with Crippen LogP contribution in [-0.4, -0.2) is 70.9 Å². The van der Waals surface area contributed by atoms with E-state index in [2.05, 4.69) is 29.6 Å². The van der Waals surface area contributed by atoms with E-state index >= 15 is 0 Å². The Morgan fingerprint density at radius 3 is 2.69 bits per heavy atom. The van der Waals surface area contributed by atoms with Gasteiger partial charge in [-0.25, -0.2) is 0 Å². The smallest absolute Gasteiger partial charge is 0.242 e. The summed E-state index contributed by atoms with van der Waals surface area (Å²) in [5.41, 5.74) is 2.79. The Morgan fingerprint density at radius 2 is 1.94 bits per heavy atom. The van der Waals surface area contributed by atoms with Gasteiger partial charge in [0.25, 0.3) is 0 Å². The summed E-state index contributed by atoms with van der Waals surface area (Å²) in [7, 11) is 0. The van der Waals surface area contributed by atoms with Crippen molar-refractivity contribution < 1.29 is 19.1 Å². The molecule has 6 nitrogen and oxygen atoms in total. The van der Waals surface area contributed by atoms with E-state index < -0.39 is 12.3 Å². The van der Waals surface area contributed by atoms with E-state index in [0.717, 1.165) is 25.0 Å². The van der Waals surface area contributed by atoms with Crippen LogP contribution in [0, 0.1) is 5.92 Å². The number of ketones is 1. The zero-order chi connectivity index (χ0) is 22.5. The summed E-state index contributed by atoms with van der Waals surface area (Å²) in [5.74, 6) is 2.61. The Labute approximate surface area is 199 Å². The molecule has 1 aromatic carbocycles. The first kappa shape index (κ1) is 24.1. The highest BCUT2D eigenvalue weighted by atomic mass is 32.2. The lowest BCUT2D eigenvalue weighted by Crippen LogP contribution is -2.55. The van der Waals surface area contributed by atoms with Crippen molar-refractivity contribution in [3.63, 3.8) is 0 Å². The van der Waals surface area contributed by atoms with E-state index in [1.54, 1.807) is 23.5 Å². The molecule has 1 unspecified atom stereocenters. The van der Waals surface area contributed by atoms with Crippen LogP contribution in [0.1, 0.15) is 37.8 Å². The predicted octanol–water partition coefficient (Wildman–Crippen LogP) is 3.08. The lowest BCUT2D eigenvalue weighted by atomic mass is 9.81. The van der Waals surface area contributed by atoms with Crippen molar-refractivity contribution in [1.82, 2.24) is 10.2 Å². The van der Waals surface area contributed by atoms with Crippen molar-refractivity contribution >= 4 is 35.2 Å². The topological polar surface area (TPSA) is 67.9 Å². The minimum atomic E-state index is -0.464. The Bertz CT molecular complexity index is 802. The first-order valence-electron chi connectivity index (χ1n) is 11.7. The summed E-state index contributed by atoms with van der Waals surface area (Å²) < 4.78 is 11.6. The van der Waals surface area contributed by atoms with Crippen LogP contribution in [0.15, 0.2) is 24.3 Å². The van der Waals surface area contributed by atoms with Crippen molar-refractivity contribution in [2.45, 2.75) is 63.2 Å². The van der Waals surface area contributed by atoms with Gasteiger partial charge >= 0.3 is 0 Å². The van der Waals surface area contributed by atoms with Crippen LogP contribution < -0.4 is 5.32 Å². The lowest BCUT2D eigenvalue weighted by molar-refractivity contribution is -0.173. The van der Waals surface area contributed by atoms with E-state index in [-0.39, 0.29) is 23.0 Å². The molecule has 2 fully saturated rings. The number of nitrogens with zero attached hydrogens (tertiary/aromatic N) is 1. The van der Waals surface area contributed by atoms with Crippen LogP contribution in [0.2, 0.25) is 0 Å². The maximum atomic E-state index is 13.5. The number of thioether (sulfide) groups is 2. The largest absolute Gasteiger partial charge is 0.351 e. The molecule has 0 spiro atoms. The molecular formula is C24H34N2O4S2. The molecule has 2 aliphatic heterocycles. The number of hydrogen-bond donors (Lipinski definition) is 1. The summed E-state index contributed by atoms with van der Waals surface area (Å²) in [4.78, 5) is 28.7. The third-order valence-electron chi connectivity index (χ3n) is 6.57. The van der Waals surface area contributed by atoms with Crippen LogP contribution >= 0.6 is 23.5 Å². The summed E-state index contributed by atoms with van der Waals surface area (Å²) in [5, 5.41) is 2.98. The van der Waals surface area contributed by atoms with Crippen LogP contribution in [0.25, 0.3) is 0 Å². The number of Topliss-reactive ketones (excluding diaryl/α,β-unsaturated/α-hetero) is 1. The van der Waals surface area contributed by atoms with E-state index in [4.69, 9.17) is 9.47 Å². The van der Waals surface area contributed by atoms with E-state index in [9.17, 15) is 9.59 Å². The minimum Gasteiger partial charge on any atom is -0.351 e. The number of carbonyl (C=O) groups is 2. The normalized spacial score (nSPS) is 27.7. The molecule has 176 valence electrons. The number of fused-ring (bicyclic) bond motifs is 1. The van der Waals surface area contributed by atoms with E-state index in [0.29, 0.717) is 37.3 Å². The summed E-state index contributed by atoms with van der Waals surface area (Å²) in [6.45, 7) is 4.95. The summed E-state index contributed by atoms with van der Waals surface area (Å²) in [6, 6.07) is 7.96. The zero-order valence-electron chi connectivity index (χ0n) is 19.0. The maximum Gasteiger partial charge on any atom is 0.242 e. The molecule has 4 atom stereocenters. The van der Waals surface area contributed by atoms with Crippen molar-refractivity contribution in [2.75, 3.05) is 30.7 Å². The number of benzene rings is 1. The third-order valence-corrected chi connectivity index (χ3v) is 8.83. The van der Waals surface area contributed by atoms with Gasteiger partial charge in [-0.3, -0.25) is 14.9 Å². The van der Waals surface area contributed by atoms with Gasteiger partial charge < -0.3 is 14.4 Å². The highest BCUT2D eigenvalue weighted by Gasteiger charge is 2.45. The van der Waals surface area contributed by atoms with Crippen molar-refractivity contribution in [2.24, 2.45) is 5.92 Å². The van der Waals surface area contributed by atoms with E-state index in [1.165, 1.54) is 11.1 Å². The fourth-order valence-corrected chi connectivity index (χ4v) is 7.30. The molecule has 2 heterocycles. The fraction of sp³-hybridized carbons (Fsp3) is 0.667. The first-order chi connectivity index (χ1) is 15.6. The molecule has 0 bridgehead atoms. The third kappa shape index (κ3) is 5.36.